The predicted octanol–water partition coefficient (Wildman–Crippen LogP) is -0.557. The lowest BCUT2D eigenvalue weighted by Gasteiger charge is -2.15. The Morgan fingerprint density at radius 3 is 3.06 bits per heavy atom. The van der Waals surface area contributed by atoms with Crippen LogP contribution in [0.3, 0.4) is 0 Å². The number of nitrogen functional groups attached to an aromatic ring is 1. The molecule has 2 unspecified atom stereocenters. The second-order valence-electron chi connectivity index (χ2n) is 3.63. The van der Waals surface area contributed by atoms with Gasteiger partial charge in [0.1, 0.15) is 12.0 Å². The van der Waals surface area contributed by atoms with Gasteiger partial charge in [0.15, 0.2) is 6.23 Å². The molecule has 7 heteroatoms. The van der Waals surface area contributed by atoms with E-state index in [4.69, 9.17) is 15.6 Å². The maximum atomic E-state index is 13.5. The molecule has 1 aliphatic heterocycles. The average Bonchev–Trinajstić information content (AvgIpc) is 2.60. The van der Waals surface area contributed by atoms with E-state index < -0.39 is 24.2 Å². The van der Waals surface area contributed by atoms with Crippen molar-refractivity contribution in [2.24, 2.45) is 0 Å². The third-order valence-electron chi connectivity index (χ3n) is 2.46. The van der Waals surface area contributed by atoms with Crippen molar-refractivity contribution in [1.82, 2.24) is 9.55 Å². The molecule has 1 aromatic heterocycles. The minimum Gasteiger partial charge on any atom is -0.394 e. The van der Waals surface area contributed by atoms with Gasteiger partial charge in [0.25, 0.3) is 0 Å². The molecule has 0 radical (unpaired) electrons. The molecular formula is C9H12FN3O3. The summed E-state index contributed by atoms with van der Waals surface area (Å²) in [6.45, 7) is -0.270. The number of alkyl halides is 1. The molecule has 3 atom stereocenters. The molecule has 1 aliphatic rings. The van der Waals surface area contributed by atoms with Crippen molar-refractivity contribution in [3.05, 3.63) is 22.7 Å². The summed E-state index contributed by atoms with van der Waals surface area (Å²) in [4.78, 5) is 14.9. The van der Waals surface area contributed by atoms with E-state index in [0.29, 0.717) is 0 Å². The van der Waals surface area contributed by atoms with Crippen molar-refractivity contribution in [3.63, 3.8) is 0 Å². The standard InChI is InChI=1S/C9H12FN3O3/c10-6-3-5(4-14)16-8(6)13-2-1-7(11)12-9(13)15/h1-2,5-6,8,14H,3-4H2,(H2,11,12,15)/t5?,6?,8-/m1/s1. The van der Waals surface area contributed by atoms with Gasteiger partial charge in [0.05, 0.1) is 12.7 Å². The lowest BCUT2D eigenvalue weighted by Crippen LogP contribution is -2.30. The topological polar surface area (TPSA) is 90.4 Å². The zero-order chi connectivity index (χ0) is 11.7. The summed E-state index contributed by atoms with van der Waals surface area (Å²) in [6, 6.07) is 1.39. The van der Waals surface area contributed by atoms with Gasteiger partial charge in [-0.25, -0.2) is 9.18 Å². The van der Waals surface area contributed by atoms with Crippen LogP contribution in [0.2, 0.25) is 0 Å². The molecule has 0 saturated carbocycles. The minimum absolute atomic E-state index is 0.0674. The zero-order valence-electron chi connectivity index (χ0n) is 8.41. The van der Waals surface area contributed by atoms with Crippen molar-refractivity contribution in [2.45, 2.75) is 24.9 Å². The molecule has 1 fully saturated rings. The molecule has 0 bridgehead atoms. The van der Waals surface area contributed by atoms with Crippen LogP contribution in [-0.4, -0.2) is 33.5 Å². The molecule has 0 aromatic carbocycles. The van der Waals surface area contributed by atoms with Crippen molar-refractivity contribution < 1.29 is 14.2 Å². The van der Waals surface area contributed by atoms with E-state index in [9.17, 15) is 9.18 Å². The van der Waals surface area contributed by atoms with Crippen LogP contribution in [0.5, 0.6) is 0 Å². The van der Waals surface area contributed by atoms with Crippen LogP contribution in [0, 0.1) is 0 Å². The van der Waals surface area contributed by atoms with E-state index in [2.05, 4.69) is 4.98 Å². The summed E-state index contributed by atoms with van der Waals surface area (Å²) in [5.74, 6) is 0.0772. The molecule has 2 rings (SSSR count). The number of rotatable bonds is 2. The molecular weight excluding hydrogens is 217 g/mol. The fraction of sp³-hybridized carbons (Fsp3) is 0.556. The normalized spacial score (nSPS) is 29.5. The van der Waals surface area contributed by atoms with E-state index in [-0.39, 0.29) is 18.8 Å². The molecule has 3 N–H and O–H groups in total. The number of aromatic nitrogens is 2. The van der Waals surface area contributed by atoms with Gasteiger partial charge in [-0.1, -0.05) is 0 Å². The van der Waals surface area contributed by atoms with Gasteiger partial charge in [-0.2, -0.15) is 4.98 Å². The summed E-state index contributed by atoms with van der Waals surface area (Å²) in [7, 11) is 0. The highest BCUT2D eigenvalue weighted by Crippen LogP contribution is 2.29. The fourth-order valence-electron chi connectivity index (χ4n) is 1.68. The van der Waals surface area contributed by atoms with Gasteiger partial charge < -0.3 is 15.6 Å². The molecule has 0 amide bonds. The Labute approximate surface area is 90.5 Å². The van der Waals surface area contributed by atoms with E-state index >= 15 is 0 Å². The smallest absolute Gasteiger partial charge is 0.351 e. The Morgan fingerprint density at radius 2 is 2.50 bits per heavy atom. The Bertz CT molecular complexity index is 436. The first-order valence-corrected chi connectivity index (χ1v) is 4.87. The summed E-state index contributed by atoms with van der Waals surface area (Å²) in [5, 5.41) is 8.85. The van der Waals surface area contributed by atoms with Gasteiger partial charge in [0, 0.05) is 12.6 Å². The van der Waals surface area contributed by atoms with Crippen LogP contribution >= 0.6 is 0 Å². The Morgan fingerprint density at radius 1 is 1.75 bits per heavy atom. The number of hydrogen-bond acceptors (Lipinski definition) is 5. The first-order valence-electron chi connectivity index (χ1n) is 4.87. The number of hydrogen-bond donors (Lipinski definition) is 2. The molecule has 2 heterocycles. The van der Waals surface area contributed by atoms with Crippen molar-refractivity contribution >= 4 is 5.82 Å². The first-order chi connectivity index (χ1) is 7.61. The predicted molar refractivity (Wildman–Crippen MR) is 53.4 cm³/mol. The molecule has 88 valence electrons. The highest BCUT2D eigenvalue weighted by atomic mass is 19.1. The number of aliphatic hydroxyl groups is 1. The van der Waals surface area contributed by atoms with Gasteiger partial charge in [-0.3, -0.25) is 4.57 Å². The van der Waals surface area contributed by atoms with Gasteiger partial charge in [-0.05, 0) is 6.07 Å². The van der Waals surface area contributed by atoms with Gasteiger partial charge in [0.2, 0.25) is 0 Å². The van der Waals surface area contributed by atoms with Crippen molar-refractivity contribution in [3.8, 4) is 0 Å². The van der Waals surface area contributed by atoms with E-state index in [1.807, 2.05) is 0 Å². The van der Waals surface area contributed by atoms with Crippen LogP contribution in [0.4, 0.5) is 10.2 Å². The molecule has 16 heavy (non-hydrogen) atoms. The highest BCUT2D eigenvalue weighted by Gasteiger charge is 2.36. The van der Waals surface area contributed by atoms with Crippen LogP contribution in [-0.2, 0) is 4.74 Å². The molecule has 0 aliphatic carbocycles. The second-order valence-corrected chi connectivity index (χ2v) is 3.63. The number of ether oxygens (including phenoxy) is 1. The van der Waals surface area contributed by atoms with Crippen LogP contribution in [0.1, 0.15) is 12.6 Å². The number of aliphatic hydroxyl groups excluding tert-OH is 1. The van der Waals surface area contributed by atoms with Crippen LogP contribution in [0.25, 0.3) is 0 Å². The number of halogens is 1. The molecule has 1 aromatic rings. The van der Waals surface area contributed by atoms with Crippen LogP contribution in [0.15, 0.2) is 17.1 Å². The molecule has 1 saturated heterocycles. The zero-order valence-corrected chi connectivity index (χ0v) is 8.41. The summed E-state index contributed by atoms with van der Waals surface area (Å²) >= 11 is 0. The lowest BCUT2D eigenvalue weighted by atomic mass is 10.2. The number of anilines is 1. The quantitative estimate of drug-likeness (QED) is 0.709. The summed E-state index contributed by atoms with van der Waals surface area (Å²) in [6.07, 6.45) is -1.54. The Balaban J connectivity index is 2.28. The Kier molecular flexibility index (Phi) is 2.88. The fourth-order valence-corrected chi connectivity index (χ4v) is 1.68. The van der Waals surface area contributed by atoms with Crippen molar-refractivity contribution in [1.29, 1.82) is 0 Å². The Hall–Kier alpha value is -1.47. The first kappa shape index (κ1) is 11.0. The van der Waals surface area contributed by atoms with Gasteiger partial charge in [-0.15, -0.1) is 0 Å². The summed E-state index contributed by atoms with van der Waals surface area (Å²) in [5.41, 5.74) is 4.65. The maximum Gasteiger partial charge on any atom is 0.351 e. The largest absolute Gasteiger partial charge is 0.394 e. The van der Waals surface area contributed by atoms with E-state index in [0.717, 1.165) is 4.57 Å². The molecule has 6 nitrogen and oxygen atoms in total. The third-order valence-corrected chi connectivity index (χ3v) is 2.46. The van der Waals surface area contributed by atoms with Crippen molar-refractivity contribution in [2.75, 3.05) is 12.3 Å². The number of nitrogens with zero attached hydrogens (tertiary/aromatic N) is 2. The van der Waals surface area contributed by atoms with Gasteiger partial charge >= 0.3 is 5.69 Å². The highest BCUT2D eigenvalue weighted by molar-refractivity contribution is 5.23. The third kappa shape index (κ3) is 1.91. The lowest BCUT2D eigenvalue weighted by molar-refractivity contribution is -0.0393. The minimum atomic E-state index is -1.33. The monoisotopic (exact) mass is 229 g/mol. The van der Waals surface area contributed by atoms with E-state index in [1.165, 1.54) is 12.3 Å². The maximum absolute atomic E-state index is 13.5. The second kappa shape index (κ2) is 4.18. The van der Waals surface area contributed by atoms with Crippen LogP contribution < -0.4 is 11.4 Å². The molecule has 0 spiro atoms. The average molecular weight is 229 g/mol. The van der Waals surface area contributed by atoms with E-state index in [1.54, 1.807) is 0 Å². The SMILES string of the molecule is Nc1ccn([C@@H]2OC(CO)CC2F)c(=O)n1. The number of nitrogens with two attached hydrogens (primary N) is 1. The summed E-state index contributed by atoms with van der Waals surface area (Å²) < 4.78 is 19.8.